The minimum absolute atomic E-state index is 0.0334. The van der Waals surface area contributed by atoms with Gasteiger partial charge in [0.1, 0.15) is 19.8 Å². The Morgan fingerprint density at radius 3 is 0.904 bits per heavy atom. The van der Waals surface area contributed by atoms with Gasteiger partial charge in [-0.25, -0.2) is 4.57 Å². The first-order valence-electron chi connectivity index (χ1n) is 40.7. The number of nitrogens with zero attached hydrogens (tertiary/aromatic N) is 1. The van der Waals surface area contributed by atoms with Crippen LogP contribution in [0.2, 0.25) is 0 Å². The molecule has 2 unspecified atom stereocenters. The lowest BCUT2D eigenvalue weighted by Gasteiger charge is -2.24. The average molecular weight is 1340 g/mol. The van der Waals surface area contributed by atoms with Gasteiger partial charge in [-0.3, -0.25) is 18.6 Å². The highest BCUT2D eigenvalue weighted by atomic mass is 31.2. The molecule has 0 rings (SSSR count). The minimum Gasteiger partial charge on any atom is -0.462 e. The van der Waals surface area contributed by atoms with Crippen molar-refractivity contribution in [2.75, 3.05) is 47.5 Å². The average Bonchev–Trinajstić information content (AvgIpc) is 1.56. The van der Waals surface area contributed by atoms with Crippen molar-refractivity contribution in [2.24, 2.45) is 0 Å². The van der Waals surface area contributed by atoms with E-state index in [1.54, 1.807) is 0 Å². The molecule has 0 bridgehead atoms. The van der Waals surface area contributed by atoms with E-state index in [1.165, 1.54) is 302 Å². The molecule has 0 aliphatic rings. The quantitative estimate of drug-likeness (QED) is 0.0211. The third-order valence-electron chi connectivity index (χ3n) is 18.2. The smallest absolute Gasteiger partial charge is 0.462 e. The molecular formula is C84H157NO8P+. The summed E-state index contributed by atoms with van der Waals surface area (Å²) >= 11 is 0. The summed E-state index contributed by atoms with van der Waals surface area (Å²) in [6.45, 7) is 4.38. The zero-order valence-electron chi connectivity index (χ0n) is 63.0. The van der Waals surface area contributed by atoms with Crippen molar-refractivity contribution in [1.82, 2.24) is 0 Å². The molecule has 0 fully saturated rings. The highest BCUT2D eigenvalue weighted by Gasteiger charge is 2.27. The topological polar surface area (TPSA) is 108 Å². The van der Waals surface area contributed by atoms with Crippen LogP contribution in [0.25, 0.3) is 0 Å². The summed E-state index contributed by atoms with van der Waals surface area (Å²) in [6, 6.07) is 0. The van der Waals surface area contributed by atoms with Crippen LogP contribution in [0, 0.1) is 0 Å². The molecule has 0 aromatic carbocycles. The van der Waals surface area contributed by atoms with Gasteiger partial charge in [-0.2, -0.15) is 0 Å². The number of phosphoric ester groups is 1. The highest BCUT2D eigenvalue weighted by Crippen LogP contribution is 2.43. The second-order valence-corrected chi connectivity index (χ2v) is 30.2. The Kier molecular flexibility index (Phi) is 72.6. The molecule has 0 aromatic heterocycles. The van der Waals surface area contributed by atoms with Gasteiger partial charge < -0.3 is 18.9 Å². The molecule has 0 radical (unpaired) electrons. The van der Waals surface area contributed by atoms with Crippen LogP contribution in [-0.2, 0) is 32.7 Å². The number of carbonyl (C=O) groups excluding carboxylic acids is 2. The second-order valence-electron chi connectivity index (χ2n) is 28.8. The van der Waals surface area contributed by atoms with E-state index in [-0.39, 0.29) is 25.6 Å². The molecule has 0 aliphatic carbocycles. The number of allylic oxidation sites excluding steroid dienone is 12. The number of esters is 2. The van der Waals surface area contributed by atoms with Gasteiger partial charge in [-0.1, -0.05) is 376 Å². The maximum atomic E-state index is 12.9. The molecule has 0 saturated carbocycles. The summed E-state index contributed by atoms with van der Waals surface area (Å²) in [5.41, 5.74) is 0. The van der Waals surface area contributed by atoms with Gasteiger partial charge >= 0.3 is 19.8 Å². The summed E-state index contributed by atoms with van der Waals surface area (Å²) in [5, 5.41) is 0. The number of hydrogen-bond donors (Lipinski definition) is 1. The van der Waals surface area contributed by atoms with Crippen LogP contribution in [0.15, 0.2) is 72.9 Å². The Morgan fingerprint density at radius 1 is 0.340 bits per heavy atom. The van der Waals surface area contributed by atoms with Crippen molar-refractivity contribution < 1.29 is 42.1 Å². The molecule has 9 nitrogen and oxygen atoms in total. The molecule has 10 heteroatoms. The van der Waals surface area contributed by atoms with Crippen molar-refractivity contribution >= 4 is 19.8 Å². The molecule has 0 aliphatic heterocycles. The predicted molar refractivity (Wildman–Crippen MR) is 409 cm³/mol. The largest absolute Gasteiger partial charge is 0.472 e. The van der Waals surface area contributed by atoms with E-state index in [2.05, 4.69) is 86.8 Å². The van der Waals surface area contributed by atoms with E-state index in [4.69, 9.17) is 18.5 Å². The zero-order chi connectivity index (χ0) is 68.3. The van der Waals surface area contributed by atoms with E-state index < -0.39 is 26.5 Å². The van der Waals surface area contributed by atoms with E-state index in [0.717, 1.165) is 64.2 Å². The third kappa shape index (κ3) is 78.4. The van der Waals surface area contributed by atoms with Crippen molar-refractivity contribution in [3.63, 3.8) is 0 Å². The van der Waals surface area contributed by atoms with Crippen LogP contribution >= 0.6 is 7.82 Å². The second kappa shape index (κ2) is 74.7. The van der Waals surface area contributed by atoms with Crippen LogP contribution in [0.4, 0.5) is 0 Å². The van der Waals surface area contributed by atoms with Crippen molar-refractivity contribution in [2.45, 2.75) is 405 Å². The molecule has 0 heterocycles. The highest BCUT2D eigenvalue weighted by molar-refractivity contribution is 7.47. The molecule has 0 amide bonds. The molecule has 0 spiro atoms. The van der Waals surface area contributed by atoms with Crippen molar-refractivity contribution in [3.8, 4) is 0 Å². The number of carbonyl (C=O) groups is 2. The van der Waals surface area contributed by atoms with Gasteiger partial charge in [-0.05, 0) is 83.5 Å². The first-order chi connectivity index (χ1) is 46.0. The molecule has 94 heavy (non-hydrogen) atoms. The third-order valence-corrected chi connectivity index (χ3v) is 19.2. The standard InChI is InChI=1S/C84H156NO8P/c1-6-8-10-12-14-16-18-20-22-24-26-28-30-32-34-36-38-40-41-42-43-45-46-48-50-52-54-56-58-60-62-64-66-68-70-72-74-76-83(86)90-80-82(81-92-94(88,89)91-79-78-85(3,4)5)93-84(87)77-75-73-71-69-67-65-63-61-59-57-55-53-51-49-47-44-39-37-35-33-31-29-27-25-23-21-19-17-15-13-11-9-7-2/h9,11,15,17-18,20-21,23-24,26-27,29,82H,6-8,10,12-14,16,19,22,25,28,30-81H2,1-5H3/p+1/b11-9-,17-15-,20-18-,23-21-,26-24-,29-27-. The van der Waals surface area contributed by atoms with Crippen LogP contribution in [0.5, 0.6) is 0 Å². The fourth-order valence-corrected chi connectivity index (χ4v) is 12.8. The maximum Gasteiger partial charge on any atom is 0.472 e. The van der Waals surface area contributed by atoms with Crippen LogP contribution < -0.4 is 0 Å². The monoisotopic (exact) mass is 1340 g/mol. The number of rotatable bonds is 76. The van der Waals surface area contributed by atoms with E-state index in [1.807, 2.05) is 21.1 Å². The molecule has 0 aromatic rings. The minimum atomic E-state index is -4.40. The fourth-order valence-electron chi connectivity index (χ4n) is 12.0. The summed E-state index contributed by atoms with van der Waals surface area (Å²) in [6.07, 6.45) is 102. The Morgan fingerprint density at radius 2 is 0.606 bits per heavy atom. The molecular weight excluding hydrogens is 1180 g/mol. The van der Waals surface area contributed by atoms with E-state index >= 15 is 0 Å². The van der Waals surface area contributed by atoms with Crippen LogP contribution in [0.1, 0.15) is 399 Å². The molecule has 2 atom stereocenters. The number of phosphoric acid groups is 1. The van der Waals surface area contributed by atoms with Gasteiger partial charge in [0.15, 0.2) is 6.10 Å². The van der Waals surface area contributed by atoms with Gasteiger partial charge in [0.05, 0.1) is 27.7 Å². The fraction of sp³-hybridized carbons (Fsp3) is 0.833. The number of hydrogen-bond acceptors (Lipinski definition) is 7. The Hall–Kier alpha value is -2.55. The van der Waals surface area contributed by atoms with Crippen molar-refractivity contribution in [1.29, 1.82) is 0 Å². The summed E-state index contributed by atoms with van der Waals surface area (Å²) in [4.78, 5) is 36.0. The SMILES string of the molecule is CC/C=C\C/C=C\C/C=C\C/C=C\CCCCCCCCCCCCCCCCCCCCCCC(=O)OC(COC(=O)CCCCCCCCCCCCCCCCCCCCCCCCCCC/C=C\C/C=C\CCCCCCC)COP(=O)(O)OCC[N+](C)(C)C. The summed E-state index contributed by atoms with van der Waals surface area (Å²) in [5.74, 6) is -0.775. The normalized spacial score (nSPS) is 13.4. The van der Waals surface area contributed by atoms with Gasteiger partial charge in [-0.15, -0.1) is 0 Å². The first-order valence-corrected chi connectivity index (χ1v) is 42.2. The number of ether oxygens (including phenoxy) is 2. The Labute approximate surface area is 584 Å². The summed E-state index contributed by atoms with van der Waals surface area (Å²) in [7, 11) is 1.50. The van der Waals surface area contributed by atoms with E-state index in [0.29, 0.717) is 23.9 Å². The summed E-state index contributed by atoms with van der Waals surface area (Å²) < 4.78 is 34.8. The lowest BCUT2D eigenvalue weighted by molar-refractivity contribution is -0.870. The number of likely N-dealkylation sites (N-methyl/N-ethyl adjacent to an activating group) is 1. The Balaban J connectivity index is 3.90. The lowest BCUT2D eigenvalue weighted by atomic mass is 10.0. The lowest BCUT2D eigenvalue weighted by Crippen LogP contribution is -2.37. The Bertz CT molecular complexity index is 1820. The maximum absolute atomic E-state index is 12.9. The van der Waals surface area contributed by atoms with Crippen LogP contribution in [0.3, 0.4) is 0 Å². The van der Waals surface area contributed by atoms with Crippen LogP contribution in [-0.4, -0.2) is 74.9 Å². The molecule has 1 N–H and O–H groups in total. The molecule has 550 valence electrons. The van der Waals surface area contributed by atoms with Gasteiger partial charge in [0, 0.05) is 12.8 Å². The van der Waals surface area contributed by atoms with Gasteiger partial charge in [0.25, 0.3) is 0 Å². The first kappa shape index (κ1) is 91.4. The van der Waals surface area contributed by atoms with Gasteiger partial charge in [0.2, 0.25) is 0 Å². The molecule has 0 saturated heterocycles. The number of quaternary nitrogens is 1. The van der Waals surface area contributed by atoms with Crippen molar-refractivity contribution in [3.05, 3.63) is 72.9 Å². The number of unbranched alkanes of at least 4 members (excludes halogenated alkanes) is 50. The predicted octanol–water partition coefficient (Wildman–Crippen LogP) is 27.1. The van der Waals surface area contributed by atoms with E-state index in [9.17, 15) is 19.0 Å². The zero-order valence-corrected chi connectivity index (χ0v) is 63.9.